The number of aryl methyl sites for hydroxylation is 4. The van der Waals surface area contributed by atoms with Crippen LogP contribution >= 0.6 is 0 Å². The third-order valence-electron chi connectivity index (χ3n) is 7.51. The topological polar surface area (TPSA) is 35.6 Å². The number of nitrogens with zero attached hydrogens (tertiary/aromatic N) is 4. The van der Waals surface area contributed by atoms with Crippen LogP contribution in [0, 0.1) is 39.8 Å². The summed E-state index contributed by atoms with van der Waals surface area (Å²) in [4.78, 5) is 8.87. The van der Waals surface area contributed by atoms with Gasteiger partial charge in [0.15, 0.2) is 0 Å². The first-order chi connectivity index (χ1) is 19.3. The molecule has 0 spiro atoms. The van der Waals surface area contributed by atoms with Crippen LogP contribution in [0.3, 0.4) is 0 Å². The predicted octanol–water partition coefficient (Wildman–Crippen LogP) is 8.34. The average molecular weight is 718 g/mol. The zero-order chi connectivity index (χ0) is 28.2. The van der Waals surface area contributed by atoms with Gasteiger partial charge in [0, 0.05) is 25.5 Å². The van der Waals surface area contributed by atoms with E-state index in [0.29, 0.717) is 0 Å². The maximum atomic E-state index is 4.44. The molecule has 0 aliphatic heterocycles. The maximum absolute atomic E-state index is 4.44. The number of hydrogen-bond acceptors (Lipinski definition) is 2. The maximum Gasteiger partial charge on any atom is 2.00 e. The summed E-state index contributed by atoms with van der Waals surface area (Å²) < 4.78 is 4.05. The Morgan fingerprint density at radius 2 is 0.927 bits per heavy atom. The number of rotatable bonds is 4. The normalized spacial score (nSPS) is 10.5. The molecule has 0 saturated carbocycles. The fourth-order valence-electron chi connectivity index (χ4n) is 4.78. The van der Waals surface area contributed by atoms with Crippen LogP contribution in [0.4, 0.5) is 0 Å². The molecule has 2 aromatic heterocycles. The van der Waals surface area contributed by atoms with Crippen molar-refractivity contribution in [1.82, 2.24) is 19.1 Å². The van der Waals surface area contributed by atoms with Gasteiger partial charge < -0.3 is 9.13 Å². The fourth-order valence-corrected chi connectivity index (χ4v) is 4.78. The van der Waals surface area contributed by atoms with Crippen molar-refractivity contribution in [3.05, 3.63) is 132 Å². The molecule has 0 aliphatic carbocycles. The Balaban J connectivity index is 0.000000184. The van der Waals surface area contributed by atoms with Crippen LogP contribution in [-0.2, 0) is 35.2 Å². The molecule has 6 aromatic rings. The third kappa shape index (κ3) is 6.50. The van der Waals surface area contributed by atoms with Crippen LogP contribution in [0.5, 0.6) is 0 Å². The smallest absolute Gasteiger partial charge is 0.347 e. The van der Waals surface area contributed by atoms with Crippen molar-refractivity contribution in [1.29, 1.82) is 0 Å². The second-order valence-electron chi connectivity index (χ2n) is 10.2. The molecule has 0 atom stereocenters. The first-order valence-corrected chi connectivity index (χ1v) is 13.5. The summed E-state index contributed by atoms with van der Waals surface area (Å²) in [7, 11) is 4.01. The van der Waals surface area contributed by atoms with Crippen molar-refractivity contribution in [3.8, 4) is 44.8 Å². The molecule has 0 saturated heterocycles. The van der Waals surface area contributed by atoms with Crippen LogP contribution in [0.25, 0.3) is 44.8 Å². The van der Waals surface area contributed by atoms with Crippen LogP contribution < -0.4 is 0 Å². The molecule has 0 amide bonds. The quantitative estimate of drug-likeness (QED) is 0.172. The van der Waals surface area contributed by atoms with Gasteiger partial charge in [0.1, 0.15) is 0 Å². The standard InChI is InChI=1S/2C18H17N2.Pt/c2*1-13-6-4-5-7-17(13)15-8-10-16(11-9-15)18-14(2)20(3)12-19-18;/h2*4-10,12H,1-3H3;/q2*-1;+2. The molecule has 208 valence electrons. The van der Waals surface area contributed by atoms with Crippen LogP contribution in [0.1, 0.15) is 22.5 Å². The molecule has 0 aliphatic rings. The van der Waals surface area contributed by atoms with E-state index >= 15 is 0 Å². The zero-order valence-corrected chi connectivity index (χ0v) is 26.6. The summed E-state index contributed by atoms with van der Waals surface area (Å²) in [5.41, 5.74) is 13.9. The molecule has 0 radical (unpaired) electrons. The first kappa shape index (κ1) is 30.0. The van der Waals surface area contributed by atoms with Gasteiger partial charge in [0.25, 0.3) is 0 Å². The molecule has 5 heteroatoms. The summed E-state index contributed by atoms with van der Waals surface area (Å²) in [6.07, 6.45) is 3.68. The molecular formula is C36H34N4Pt. The molecule has 0 N–H and O–H groups in total. The summed E-state index contributed by atoms with van der Waals surface area (Å²) >= 11 is 0. The van der Waals surface area contributed by atoms with E-state index < -0.39 is 0 Å². The van der Waals surface area contributed by atoms with Gasteiger partial charge in [-0.15, -0.1) is 59.7 Å². The summed E-state index contributed by atoms with van der Waals surface area (Å²) in [5, 5.41) is 0. The second kappa shape index (κ2) is 13.1. The van der Waals surface area contributed by atoms with Gasteiger partial charge in [-0.2, -0.15) is 0 Å². The van der Waals surface area contributed by atoms with E-state index in [4.69, 9.17) is 0 Å². The fraction of sp³-hybridized carbons (Fsp3) is 0.167. The summed E-state index contributed by atoms with van der Waals surface area (Å²) in [6.45, 7) is 8.41. The Morgan fingerprint density at radius 3 is 1.22 bits per heavy atom. The van der Waals surface area contributed by atoms with Crippen LogP contribution in [0.2, 0.25) is 0 Å². The van der Waals surface area contributed by atoms with Gasteiger partial charge >= 0.3 is 21.1 Å². The molecule has 6 rings (SSSR count). The zero-order valence-electron chi connectivity index (χ0n) is 24.3. The van der Waals surface area contributed by atoms with Crippen molar-refractivity contribution in [2.75, 3.05) is 0 Å². The molecule has 4 nitrogen and oxygen atoms in total. The Kier molecular flexibility index (Phi) is 9.57. The number of aromatic nitrogens is 4. The largest absolute Gasteiger partial charge is 2.00 e. The minimum atomic E-state index is 0. The van der Waals surface area contributed by atoms with Gasteiger partial charge in [-0.3, -0.25) is 9.97 Å². The van der Waals surface area contributed by atoms with E-state index in [1.165, 1.54) is 33.4 Å². The van der Waals surface area contributed by atoms with Crippen molar-refractivity contribution in [2.45, 2.75) is 27.7 Å². The van der Waals surface area contributed by atoms with Gasteiger partial charge in [-0.1, -0.05) is 81.9 Å². The number of benzene rings is 4. The molecule has 2 heterocycles. The van der Waals surface area contributed by atoms with Crippen LogP contribution in [0.15, 0.2) is 97.6 Å². The Morgan fingerprint density at radius 1 is 0.537 bits per heavy atom. The molecule has 4 aromatic carbocycles. The van der Waals surface area contributed by atoms with E-state index in [2.05, 4.69) is 123 Å². The van der Waals surface area contributed by atoms with Gasteiger partial charge in [-0.25, -0.2) is 0 Å². The Bertz CT molecular complexity index is 1610. The predicted molar refractivity (Wildman–Crippen MR) is 165 cm³/mol. The molecule has 0 unspecified atom stereocenters. The van der Waals surface area contributed by atoms with Crippen molar-refractivity contribution < 1.29 is 21.1 Å². The van der Waals surface area contributed by atoms with E-state index in [-0.39, 0.29) is 21.1 Å². The summed E-state index contributed by atoms with van der Waals surface area (Å²) in [6, 6.07) is 36.1. The number of hydrogen-bond donors (Lipinski definition) is 0. The molecular weight excluding hydrogens is 684 g/mol. The van der Waals surface area contributed by atoms with E-state index in [9.17, 15) is 0 Å². The van der Waals surface area contributed by atoms with Gasteiger partial charge in [-0.05, 0) is 39.1 Å². The molecule has 0 fully saturated rings. The average Bonchev–Trinajstić information content (AvgIpc) is 3.49. The minimum Gasteiger partial charge on any atom is -0.347 e. The van der Waals surface area contributed by atoms with Gasteiger partial charge in [0.2, 0.25) is 0 Å². The van der Waals surface area contributed by atoms with Crippen LogP contribution in [-0.4, -0.2) is 19.1 Å². The molecule has 0 bridgehead atoms. The SMILES string of the molecule is Cc1ccccc1-c1c[c-]c(-c2ncn(C)c2C)cc1.Cc1ccccc1-c1c[c-]c(-c2ncn(C)c2C)cc1.[Pt+2]. The van der Waals surface area contributed by atoms with E-state index in [0.717, 1.165) is 33.9 Å². The van der Waals surface area contributed by atoms with Crippen molar-refractivity contribution in [3.63, 3.8) is 0 Å². The Hall–Kier alpha value is -4.01. The van der Waals surface area contributed by atoms with E-state index in [1.54, 1.807) is 0 Å². The summed E-state index contributed by atoms with van der Waals surface area (Å²) in [5.74, 6) is 0. The first-order valence-electron chi connectivity index (χ1n) is 13.5. The minimum absolute atomic E-state index is 0. The van der Waals surface area contributed by atoms with E-state index in [1.807, 2.05) is 48.0 Å². The molecule has 41 heavy (non-hydrogen) atoms. The van der Waals surface area contributed by atoms with Crippen molar-refractivity contribution in [2.24, 2.45) is 14.1 Å². The monoisotopic (exact) mass is 717 g/mol. The third-order valence-corrected chi connectivity index (χ3v) is 7.51. The second-order valence-corrected chi connectivity index (χ2v) is 10.2. The van der Waals surface area contributed by atoms with Gasteiger partial charge in [0.05, 0.1) is 12.7 Å². The Labute approximate surface area is 258 Å². The number of imidazole rings is 2. The van der Waals surface area contributed by atoms with Crippen molar-refractivity contribution >= 4 is 0 Å².